The molecule has 0 bridgehead atoms. The van der Waals surface area contributed by atoms with Crippen molar-refractivity contribution in [2.75, 3.05) is 6.61 Å². The van der Waals surface area contributed by atoms with Gasteiger partial charge in [-0.3, -0.25) is 4.79 Å². The van der Waals surface area contributed by atoms with E-state index >= 15 is 0 Å². The second kappa shape index (κ2) is 19.1. The summed E-state index contributed by atoms with van der Waals surface area (Å²) in [5, 5.41) is 3.57. The average Bonchev–Trinajstić information content (AvgIpc) is 2.90. The normalized spacial score (nSPS) is 11.0. The zero-order valence-electron chi connectivity index (χ0n) is 22.7. The quantitative estimate of drug-likeness (QED) is 0.142. The molecule has 2 aromatic rings. The molecule has 0 aliphatic heterocycles. The fourth-order valence-electron chi connectivity index (χ4n) is 4.48. The molecule has 0 spiro atoms. The summed E-state index contributed by atoms with van der Waals surface area (Å²) >= 11 is 6.43. The van der Waals surface area contributed by atoms with Gasteiger partial charge in [0.25, 0.3) is 5.69 Å². The Labute approximate surface area is 224 Å². The van der Waals surface area contributed by atoms with Crippen LogP contribution in [0.5, 0.6) is 5.75 Å². The molecule has 0 saturated heterocycles. The summed E-state index contributed by atoms with van der Waals surface area (Å²) < 4.78 is 7.83. The van der Waals surface area contributed by atoms with E-state index in [0.717, 1.165) is 18.5 Å². The third-order valence-corrected chi connectivity index (χ3v) is 7.01. The molecule has 4 nitrogen and oxygen atoms in total. The Morgan fingerprint density at radius 2 is 1.44 bits per heavy atom. The first-order chi connectivity index (χ1) is 17.7. The van der Waals surface area contributed by atoms with Gasteiger partial charge < -0.3 is 10.1 Å². The lowest BCUT2D eigenvalue weighted by atomic mass is 10.0. The van der Waals surface area contributed by atoms with Gasteiger partial charge in [0.2, 0.25) is 0 Å². The number of nitrogens with zero attached hydrogens (tertiary/aromatic N) is 1. The van der Waals surface area contributed by atoms with E-state index in [1.165, 1.54) is 83.5 Å². The molecule has 1 aromatic heterocycles. The predicted octanol–water partition coefficient (Wildman–Crippen LogP) is 8.44. The molecule has 0 atom stereocenters. The highest BCUT2D eigenvalue weighted by Gasteiger charge is 2.16. The van der Waals surface area contributed by atoms with Crippen molar-refractivity contribution < 1.29 is 14.1 Å². The van der Waals surface area contributed by atoms with Gasteiger partial charge in [-0.2, -0.15) is 4.57 Å². The lowest BCUT2D eigenvalue weighted by molar-refractivity contribution is -0.695. The zero-order chi connectivity index (χ0) is 25.8. The summed E-state index contributed by atoms with van der Waals surface area (Å²) in [4.78, 5) is 12.5. The monoisotopic (exact) mass is 515 g/mol. The van der Waals surface area contributed by atoms with Crippen LogP contribution in [-0.2, 0) is 13.1 Å². The highest BCUT2D eigenvalue weighted by atomic mass is 35.5. The summed E-state index contributed by atoms with van der Waals surface area (Å²) in [7, 11) is 0. The van der Waals surface area contributed by atoms with Gasteiger partial charge in [0.1, 0.15) is 12.3 Å². The molecular weight excluding hydrogens is 468 g/mol. The number of pyridine rings is 1. The minimum absolute atomic E-state index is 0.0910. The maximum Gasteiger partial charge on any atom is 0.316 e. The molecule has 1 N–H and O–H groups in total. The van der Waals surface area contributed by atoms with E-state index in [9.17, 15) is 4.79 Å². The van der Waals surface area contributed by atoms with Crippen LogP contribution in [0.25, 0.3) is 0 Å². The maximum atomic E-state index is 12.5. The summed E-state index contributed by atoms with van der Waals surface area (Å²) in [6, 6.07) is 11.4. The molecule has 1 amide bonds. The molecule has 1 aromatic carbocycles. The van der Waals surface area contributed by atoms with Gasteiger partial charge in [-0.1, -0.05) is 108 Å². The molecule has 0 aliphatic carbocycles. The molecule has 0 aliphatic rings. The molecule has 0 radical (unpaired) electrons. The highest BCUT2D eigenvalue weighted by molar-refractivity contribution is 6.32. The first kappa shape index (κ1) is 30.2. The van der Waals surface area contributed by atoms with Crippen molar-refractivity contribution in [3.8, 4) is 5.75 Å². The van der Waals surface area contributed by atoms with Gasteiger partial charge in [0.15, 0.2) is 6.20 Å². The first-order valence-electron chi connectivity index (χ1n) is 14.3. The van der Waals surface area contributed by atoms with E-state index in [2.05, 4.69) is 12.2 Å². The third kappa shape index (κ3) is 12.3. The Bertz CT molecular complexity index is 871. The Morgan fingerprint density at radius 1 is 0.833 bits per heavy atom. The van der Waals surface area contributed by atoms with E-state index in [4.69, 9.17) is 16.3 Å². The molecule has 5 heteroatoms. The van der Waals surface area contributed by atoms with Crippen LogP contribution < -0.4 is 14.6 Å². The standard InChI is InChI=1S/C31H47ClN2O2/c1-3-5-6-7-8-9-10-11-12-13-14-15-16-19-24-36-30-22-21-27(25-28(30)32)26-33-31(35)29-20-17-18-23-34(29)4-2/h17-18,20-23,25H,3-16,19,24,26H2,1-2H3/p+1. The number of ether oxygens (including phenoxy) is 1. The molecule has 0 saturated carbocycles. The van der Waals surface area contributed by atoms with Crippen LogP contribution in [0.1, 0.15) is 120 Å². The van der Waals surface area contributed by atoms with Crippen LogP contribution in [0.15, 0.2) is 42.6 Å². The lowest BCUT2D eigenvalue weighted by Crippen LogP contribution is -2.42. The molecule has 0 unspecified atom stereocenters. The number of aromatic nitrogens is 1. The first-order valence-corrected chi connectivity index (χ1v) is 14.7. The molecule has 36 heavy (non-hydrogen) atoms. The van der Waals surface area contributed by atoms with E-state index in [-0.39, 0.29) is 5.91 Å². The smallest absolute Gasteiger partial charge is 0.316 e. The Kier molecular flexibility index (Phi) is 16.0. The second-order valence-corrected chi connectivity index (χ2v) is 10.2. The van der Waals surface area contributed by atoms with Crippen molar-refractivity contribution in [2.45, 2.75) is 117 Å². The summed E-state index contributed by atoms with van der Waals surface area (Å²) in [6.45, 7) is 6.17. The molecular formula is C31H48ClN2O2+. The number of carbonyl (C=O) groups excluding carboxylic acids is 1. The molecule has 2 rings (SSSR count). The number of amides is 1. The van der Waals surface area contributed by atoms with Crippen LogP contribution in [-0.4, -0.2) is 12.5 Å². The van der Waals surface area contributed by atoms with Gasteiger partial charge in [-0.05, 0) is 37.1 Å². The molecule has 1 heterocycles. The van der Waals surface area contributed by atoms with Crippen molar-refractivity contribution in [3.05, 3.63) is 58.9 Å². The topological polar surface area (TPSA) is 42.2 Å². The zero-order valence-corrected chi connectivity index (χ0v) is 23.5. The molecule has 0 fully saturated rings. The van der Waals surface area contributed by atoms with Gasteiger partial charge >= 0.3 is 5.91 Å². The number of halogens is 1. The minimum atomic E-state index is -0.0910. The number of hydrogen-bond acceptors (Lipinski definition) is 2. The highest BCUT2D eigenvalue weighted by Crippen LogP contribution is 2.26. The predicted molar refractivity (Wildman–Crippen MR) is 151 cm³/mol. The summed E-state index contributed by atoms with van der Waals surface area (Å²) in [6.07, 6.45) is 20.8. The Hall–Kier alpha value is -2.07. The van der Waals surface area contributed by atoms with E-state index in [1.54, 1.807) is 0 Å². The number of carbonyl (C=O) groups is 1. The fourth-order valence-corrected chi connectivity index (χ4v) is 4.74. The number of rotatable bonds is 20. The van der Waals surface area contributed by atoms with Crippen molar-refractivity contribution in [1.82, 2.24) is 5.32 Å². The van der Waals surface area contributed by atoms with E-state index in [0.29, 0.717) is 29.6 Å². The van der Waals surface area contributed by atoms with Crippen LogP contribution in [0, 0.1) is 0 Å². The van der Waals surface area contributed by atoms with Crippen LogP contribution >= 0.6 is 11.6 Å². The van der Waals surface area contributed by atoms with Gasteiger partial charge in [0.05, 0.1) is 11.6 Å². The van der Waals surface area contributed by atoms with E-state index in [1.807, 2.05) is 54.1 Å². The number of benzene rings is 1. The largest absolute Gasteiger partial charge is 0.492 e. The average molecular weight is 516 g/mol. The van der Waals surface area contributed by atoms with Crippen LogP contribution in [0.4, 0.5) is 0 Å². The van der Waals surface area contributed by atoms with Crippen molar-refractivity contribution >= 4 is 17.5 Å². The van der Waals surface area contributed by atoms with Crippen LogP contribution in [0.3, 0.4) is 0 Å². The number of hydrogen-bond donors (Lipinski definition) is 1. The van der Waals surface area contributed by atoms with Gasteiger partial charge in [-0.25, -0.2) is 0 Å². The van der Waals surface area contributed by atoms with Crippen LogP contribution in [0.2, 0.25) is 5.02 Å². The summed E-state index contributed by atoms with van der Waals surface area (Å²) in [5.74, 6) is 0.625. The molecule has 200 valence electrons. The SMILES string of the molecule is CCCCCCCCCCCCCCCCOc1ccc(CNC(=O)c2cccc[n+]2CC)cc1Cl. The fraction of sp³-hybridized carbons (Fsp3) is 0.613. The lowest BCUT2D eigenvalue weighted by Gasteiger charge is -2.10. The van der Waals surface area contributed by atoms with Crippen molar-refractivity contribution in [1.29, 1.82) is 0 Å². The number of unbranched alkanes of at least 4 members (excludes halogenated alkanes) is 13. The van der Waals surface area contributed by atoms with Gasteiger partial charge in [-0.15, -0.1) is 0 Å². The summed E-state index contributed by atoms with van der Waals surface area (Å²) in [5.41, 5.74) is 1.61. The minimum Gasteiger partial charge on any atom is -0.492 e. The second-order valence-electron chi connectivity index (χ2n) is 9.76. The van der Waals surface area contributed by atoms with E-state index < -0.39 is 0 Å². The Morgan fingerprint density at radius 3 is 2.03 bits per heavy atom. The van der Waals surface area contributed by atoms with Crippen molar-refractivity contribution in [3.63, 3.8) is 0 Å². The van der Waals surface area contributed by atoms with Crippen molar-refractivity contribution in [2.24, 2.45) is 0 Å². The van der Waals surface area contributed by atoms with Gasteiger partial charge in [0, 0.05) is 18.7 Å². The number of aryl methyl sites for hydroxylation is 1. The third-order valence-electron chi connectivity index (χ3n) is 6.72. The maximum absolute atomic E-state index is 12.5. The Balaban J connectivity index is 1.52. The number of nitrogens with one attached hydrogen (secondary N) is 1.